The van der Waals surface area contributed by atoms with Gasteiger partial charge in [0.05, 0.1) is 0 Å². The number of carbonyl (C=O) groups is 1. The molecule has 1 aliphatic heterocycles. The van der Waals surface area contributed by atoms with E-state index in [1.165, 1.54) is 11.1 Å². The van der Waals surface area contributed by atoms with Crippen molar-refractivity contribution in [2.45, 2.75) is 20.3 Å². The standard InChI is InChI=1S/C20H22N2O/c1-15-4-6-17(7-5-15)8-9-18-12-16(2)13-19(14-18)22-11-3-10-21-20(22)23/h4-9,12-14H,3,10-11H2,1-2H3,(H,21,23). The van der Waals surface area contributed by atoms with Crippen molar-refractivity contribution < 1.29 is 4.79 Å². The lowest BCUT2D eigenvalue weighted by Crippen LogP contribution is -2.46. The summed E-state index contributed by atoms with van der Waals surface area (Å²) >= 11 is 0. The fraction of sp³-hybridized carbons (Fsp3) is 0.250. The van der Waals surface area contributed by atoms with Crippen molar-refractivity contribution in [2.24, 2.45) is 0 Å². The first-order chi connectivity index (χ1) is 11.1. The van der Waals surface area contributed by atoms with E-state index in [9.17, 15) is 4.79 Å². The Morgan fingerprint density at radius 2 is 1.70 bits per heavy atom. The Morgan fingerprint density at radius 3 is 2.43 bits per heavy atom. The maximum Gasteiger partial charge on any atom is 0.321 e. The summed E-state index contributed by atoms with van der Waals surface area (Å²) in [6, 6.07) is 14.7. The highest BCUT2D eigenvalue weighted by Crippen LogP contribution is 2.22. The quantitative estimate of drug-likeness (QED) is 0.838. The van der Waals surface area contributed by atoms with Gasteiger partial charge < -0.3 is 5.32 Å². The van der Waals surface area contributed by atoms with Gasteiger partial charge in [0.25, 0.3) is 0 Å². The highest BCUT2D eigenvalue weighted by Gasteiger charge is 2.19. The number of anilines is 1. The second-order valence-electron chi connectivity index (χ2n) is 6.08. The van der Waals surface area contributed by atoms with Crippen molar-refractivity contribution in [1.29, 1.82) is 0 Å². The molecule has 0 atom stereocenters. The van der Waals surface area contributed by atoms with Gasteiger partial charge in [-0.2, -0.15) is 0 Å². The van der Waals surface area contributed by atoms with Gasteiger partial charge in [0.2, 0.25) is 0 Å². The van der Waals surface area contributed by atoms with E-state index < -0.39 is 0 Å². The Balaban J connectivity index is 1.85. The summed E-state index contributed by atoms with van der Waals surface area (Å²) in [7, 11) is 0. The van der Waals surface area contributed by atoms with Gasteiger partial charge in [-0.15, -0.1) is 0 Å². The molecule has 0 radical (unpaired) electrons. The van der Waals surface area contributed by atoms with Gasteiger partial charge in [-0.1, -0.05) is 48.0 Å². The molecule has 2 aromatic rings. The smallest absolute Gasteiger partial charge is 0.321 e. The van der Waals surface area contributed by atoms with Gasteiger partial charge in [-0.05, 0) is 49.1 Å². The number of rotatable bonds is 3. The summed E-state index contributed by atoms with van der Waals surface area (Å²) in [5.74, 6) is 0. The van der Waals surface area contributed by atoms with Crippen LogP contribution in [0.2, 0.25) is 0 Å². The van der Waals surface area contributed by atoms with E-state index in [2.05, 4.69) is 73.8 Å². The maximum absolute atomic E-state index is 12.0. The minimum atomic E-state index is -0.00434. The fourth-order valence-electron chi connectivity index (χ4n) is 2.79. The second kappa shape index (κ2) is 6.69. The van der Waals surface area contributed by atoms with Crippen LogP contribution in [0.25, 0.3) is 12.2 Å². The number of nitrogens with zero attached hydrogens (tertiary/aromatic N) is 1. The van der Waals surface area contributed by atoms with Crippen molar-refractivity contribution in [3.63, 3.8) is 0 Å². The van der Waals surface area contributed by atoms with Crippen LogP contribution in [0.1, 0.15) is 28.7 Å². The van der Waals surface area contributed by atoms with Gasteiger partial charge in [0.15, 0.2) is 0 Å². The number of hydrogen-bond donors (Lipinski definition) is 1. The highest BCUT2D eigenvalue weighted by atomic mass is 16.2. The number of carbonyl (C=O) groups excluding carboxylic acids is 1. The summed E-state index contributed by atoms with van der Waals surface area (Å²) in [4.78, 5) is 13.8. The molecule has 3 heteroatoms. The Morgan fingerprint density at radius 1 is 0.957 bits per heavy atom. The number of amides is 2. The van der Waals surface area contributed by atoms with Crippen molar-refractivity contribution in [1.82, 2.24) is 5.32 Å². The molecule has 3 rings (SSSR count). The van der Waals surface area contributed by atoms with Crippen LogP contribution >= 0.6 is 0 Å². The third-order valence-corrected chi connectivity index (χ3v) is 4.02. The molecule has 23 heavy (non-hydrogen) atoms. The molecule has 2 amide bonds. The van der Waals surface area contributed by atoms with Crippen molar-refractivity contribution in [3.05, 3.63) is 64.7 Å². The van der Waals surface area contributed by atoms with Crippen LogP contribution in [0.4, 0.5) is 10.5 Å². The zero-order chi connectivity index (χ0) is 16.2. The SMILES string of the molecule is Cc1ccc(C=Cc2cc(C)cc(N3CCCNC3=O)c2)cc1. The lowest BCUT2D eigenvalue weighted by molar-refractivity contribution is 0.243. The van der Waals surface area contributed by atoms with Gasteiger partial charge in [0.1, 0.15) is 0 Å². The third-order valence-electron chi connectivity index (χ3n) is 4.02. The summed E-state index contributed by atoms with van der Waals surface area (Å²) < 4.78 is 0. The van der Waals surface area contributed by atoms with Gasteiger partial charge >= 0.3 is 6.03 Å². The Labute approximate surface area is 137 Å². The van der Waals surface area contributed by atoms with E-state index in [1.807, 2.05) is 4.90 Å². The highest BCUT2D eigenvalue weighted by molar-refractivity contribution is 5.93. The number of benzene rings is 2. The largest absolute Gasteiger partial charge is 0.338 e. The van der Waals surface area contributed by atoms with Crippen LogP contribution in [0.3, 0.4) is 0 Å². The van der Waals surface area contributed by atoms with E-state index in [1.54, 1.807) is 0 Å². The first-order valence-electron chi connectivity index (χ1n) is 8.04. The summed E-state index contributed by atoms with van der Waals surface area (Å²) in [5.41, 5.74) is 5.67. The predicted octanol–water partition coefficient (Wildman–Crippen LogP) is 4.39. The zero-order valence-electron chi connectivity index (χ0n) is 13.7. The van der Waals surface area contributed by atoms with Gasteiger partial charge in [0, 0.05) is 18.8 Å². The Hall–Kier alpha value is -2.55. The summed E-state index contributed by atoms with van der Waals surface area (Å²) in [6.45, 7) is 5.69. The van der Waals surface area contributed by atoms with Gasteiger partial charge in [-0.3, -0.25) is 4.90 Å². The van der Waals surface area contributed by atoms with Crippen LogP contribution in [-0.4, -0.2) is 19.1 Å². The van der Waals surface area contributed by atoms with Crippen LogP contribution in [0.5, 0.6) is 0 Å². The average molecular weight is 306 g/mol. The van der Waals surface area contributed by atoms with Crippen molar-refractivity contribution >= 4 is 23.9 Å². The molecule has 3 nitrogen and oxygen atoms in total. The Kier molecular flexibility index (Phi) is 4.47. The molecule has 1 saturated heterocycles. The molecule has 1 N–H and O–H groups in total. The van der Waals surface area contributed by atoms with Crippen LogP contribution in [0, 0.1) is 13.8 Å². The van der Waals surface area contributed by atoms with E-state index in [0.717, 1.165) is 36.3 Å². The first-order valence-corrected chi connectivity index (χ1v) is 8.04. The molecular formula is C20H22N2O. The Bertz CT molecular complexity index is 732. The first kappa shape index (κ1) is 15.3. The third kappa shape index (κ3) is 3.81. The van der Waals surface area contributed by atoms with E-state index in [0.29, 0.717) is 0 Å². The van der Waals surface area contributed by atoms with E-state index in [4.69, 9.17) is 0 Å². The van der Waals surface area contributed by atoms with Crippen molar-refractivity contribution in [3.8, 4) is 0 Å². The lowest BCUT2D eigenvalue weighted by atomic mass is 10.1. The van der Waals surface area contributed by atoms with E-state index >= 15 is 0 Å². The number of urea groups is 1. The minimum absolute atomic E-state index is 0.00434. The van der Waals surface area contributed by atoms with Crippen LogP contribution in [0.15, 0.2) is 42.5 Å². The second-order valence-corrected chi connectivity index (χ2v) is 6.08. The number of nitrogens with one attached hydrogen (secondary N) is 1. The zero-order valence-corrected chi connectivity index (χ0v) is 13.7. The molecule has 0 saturated carbocycles. The monoisotopic (exact) mass is 306 g/mol. The fourth-order valence-corrected chi connectivity index (χ4v) is 2.79. The average Bonchev–Trinajstić information content (AvgIpc) is 2.54. The van der Waals surface area contributed by atoms with Crippen molar-refractivity contribution in [2.75, 3.05) is 18.0 Å². The molecule has 0 bridgehead atoms. The molecular weight excluding hydrogens is 284 g/mol. The summed E-state index contributed by atoms with van der Waals surface area (Å²) in [5, 5.41) is 2.90. The molecule has 118 valence electrons. The number of aryl methyl sites for hydroxylation is 2. The maximum atomic E-state index is 12.0. The molecule has 0 aromatic heterocycles. The molecule has 0 unspecified atom stereocenters. The molecule has 2 aromatic carbocycles. The van der Waals surface area contributed by atoms with Gasteiger partial charge in [-0.25, -0.2) is 4.79 Å². The molecule has 1 heterocycles. The summed E-state index contributed by atoms with van der Waals surface area (Å²) in [6.07, 6.45) is 5.19. The lowest BCUT2D eigenvalue weighted by Gasteiger charge is -2.28. The van der Waals surface area contributed by atoms with E-state index in [-0.39, 0.29) is 6.03 Å². The molecule has 1 aliphatic rings. The number of hydrogen-bond acceptors (Lipinski definition) is 1. The molecule has 0 spiro atoms. The molecule has 0 aliphatic carbocycles. The predicted molar refractivity (Wildman–Crippen MR) is 96.6 cm³/mol. The minimum Gasteiger partial charge on any atom is -0.338 e. The normalized spacial score (nSPS) is 15.0. The van der Waals surface area contributed by atoms with Crippen LogP contribution in [-0.2, 0) is 0 Å². The van der Waals surface area contributed by atoms with Crippen LogP contribution < -0.4 is 10.2 Å². The molecule has 1 fully saturated rings. The topological polar surface area (TPSA) is 32.3 Å².